The van der Waals surface area contributed by atoms with E-state index in [9.17, 15) is 4.79 Å². The van der Waals surface area contributed by atoms with Crippen LogP contribution in [0.3, 0.4) is 0 Å². The van der Waals surface area contributed by atoms with Crippen molar-refractivity contribution >= 4 is 32.7 Å². The molecule has 1 aromatic heterocycles. The molecule has 0 radical (unpaired) electrons. The van der Waals surface area contributed by atoms with Crippen LogP contribution < -0.4 is 5.82 Å². The van der Waals surface area contributed by atoms with Crippen LogP contribution in [0, 0.1) is 0 Å². The van der Waals surface area contributed by atoms with Crippen molar-refractivity contribution in [2.24, 2.45) is 0 Å². The number of hydrogen-bond donors (Lipinski definition) is 0. The Morgan fingerprint density at radius 1 is 0.654 bits per heavy atom. The Morgan fingerprint density at radius 2 is 1.19 bits per heavy atom. The molecule has 0 saturated carbocycles. The first-order chi connectivity index (χ1) is 12.4. The highest BCUT2D eigenvalue weighted by Gasteiger charge is 2.15. The van der Waals surface area contributed by atoms with E-state index in [1.54, 1.807) is 12.1 Å². The molecule has 3 aromatic carbocycles. The minimum Gasteiger partial charge on any atom is -0.394 e. The van der Waals surface area contributed by atoms with E-state index in [2.05, 4.69) is 39.0 Å². The monoisotopic (exact) mass is 344 g/mol. The van der Waals surface area contributed by atoms with Crippen molar-refractivity contribution < 1.29 is 8.83 Å². The van der Waals surface area contributed by atoms with Crippen LogP contribution in [-0.4, -0.2) is 0 Å². The summed E-state index contributed by atoms with van der Waals surface area (Å²) in [6, 6.07) is 21.5. The first-order valence-corrected chi connectivity index (χ1v) is 8.66. The highest BCUT2D eigenvalue weighted by molar-refractivity contribution is 6.12. The fourth-order valence-electron chi connectivity index (χ4n) is 3.23. The number of benzene rings is 3. The van der Waals surface area contributed by atoms with Gasteiger partial charge >= 0.3 is 5.82 Å². The average molecular weight is 344 g/mol. The fourth-order valence-corrected chi connectivity index (χ4v) is 3.23. The third-order valence-corrected chi connectivity index (χ3v) is 4.63. The molecule has 3 nitrogen and oxygen atoms in total. The van der Waals surface area contributed by atoms with Crippen molar-refractivity contribution in [3.8, 4) is 0 Å². The van der Waals surface area contributed by atoms with Crippen LogP contribution in [0.25, 0.3) is 32.7 Å². The molecule has 0 saturated heterocycles. The molecule has 1 heterocycles. The molecular formula is C23H20O3. The maximum atomic E-state index is 12.2. The summed E-state index contributed by atoms with van der Waals surface area (Å²) in [6.45, 7) is 6.56. The average Bonchev–Trinajstić information content (AvgIpc) is 2.66. The molecule has 26 heavy (non-hydrogen) atoms. The Hall–Kier alpha value is -3.07. The van der Waals surface area contributed by atoms with E-state index in [0.717, 1.165) is 21.5 Å². The van der Waals surface area contributed by atoms with Crippen LogP contribution in [0.15, 0.2) is 80.4 Å². The first-order valence-electron chi connectivity index (χ1n) is 8.66. The summed E-state index contributed by atoms with van der Waals surface area (Å²) < 4.78 is 11.0. The van der Waals surface area contributed by atoms with Gasteiger partial charge in [-0.05, 0) is 39.9 Å². The summed E-state index contributed by atoms with van der Waals surface area (Å²) in [5.41, 5.74) is 2.22. The lowest BCUT2D eigenvalue weighted by molar-refractivity contribution is 0.376. The summed E-state index contributed by atoms with van der Waals surface area (Å²) in [5, 5.41) is 3.79. The van der Waals surface area contributed by atoms with Gasteiger partial charge in [0, 0.05) is 10.8 Å². The SMILES string of the molecule is CC(C)(C)c1ccc2c3ccccc3oc(=O)oc3ccccc3c2c1. The van der Waals surface area contributed by atoms with Gasteiger partial charge in [-0.2, -0.15) is 0 Å². The highest BCUT2D eigenvalue weighted by Crippen LogP contribution is 2.31. The topological polar surface area (TPSA) is 43.4 Å². The van der Waals surface area contributed by atoms with Crippen LogP contribution >= 0.6 is 0 Å². The molecular weight excluding hydrogens is 324 g/mol. The van der Waals surface area contributed by atoms with E-state index in [4.69, 9.17) is 8.83 Å². The highest BCUT2D eigenvalue weighted by atomic mass is 16.5. The van der Waals surface area contributed by atoms with Crippen LogP contribution in [0.5, 0.6) is 0 Å². The molecule has 0 amide bonds. The molecule has 0 aliphatic carbocycles. The van der Waals surface area contributed by atoms with E-state index in [1.807, 2.05) is 36.4 Å². The second-order valence-electron chi connectivity index (χ2n) is 7.46. The van der Waals surface area contributed by atoms with E-state index >= 15 is 0 Å². The third kappa shape index (κ3) is 2.86. The number of rotatable bonds is 0. The molecule has 0 unspecified atom stereocenters. The molecule has 0 spiro atoms. The Morgan fingerprint density at radius 3 is 1.77 bits per heavy atom. The Bertz CT molecular complexity index is 1240. The summed E-state index contributed by atoms with van der Waals surface area (Å²) in [7, 11) is 0. The second-order valence-corrected chi connectivity index (χ2v) is 7.46. The molecule has 0 aliphatic rings. The van der Waals surface area contributed by atoms with E-state index in [1.165, 1.54) is 5.56 Å². The summed E-state index contributed by atoms with van der Waals surface area (Å²) in [5.74, 6) is -0.728. The van der Waals surface area contributed by atoms with E-state index in [0.29, 0.717) is 11.2 Å². The zero-order chi connectivity index (χ0) is 18.3. The zero-order valence-corrected chi connectivity index (χ0v) is 15.1. The van der Waals surface area contributed by atoms with Crippen molar-refractivity contribution in [1.82, 2.24) is 0 Å². The van der Waals surface area contributed by atoms with Gasteiger partial charge in [-0.15, -0.1) is 0 Å². The van der Waals surface area contributed by atoms with Gasteiger partial charge in [-0.25, -0.2) is 4.79 Å². The second kappa shape index (κ2) is 6.03. The van der Waals surface area contributed by atoms with Crippen molar-refractivity contribution in [2.75, 3.05) is 0 Å². The maximum Gasteiger partial charge on any atom is 0.519 e. The van der Waals surface area contributed by atoms with Crippen LogP contribution in [-0.2, 0) is 5.41 Å². The molecule has 4 aromatic rings. The fraction of sp³-hybridized carbons (Fsp3) is 0.174. The zero-order valence-electron chi connectivity index (χ0n) is 15.1. The number of fused-ring (bicyclic) bond motifs is 5. The Kier molecular flexibility index (Phi) is 3.80. The molecule has 130 valence electrons. The Labute approximate surface area is 151 Å². The quantitative estimate of drug-likeness (QED) is 0.386. The maximum absolute atomic E-state index is 12.2. The molecule has 0 N–H and O–H groups in total. The molecule has 0 aliphatic heterocycles. The van der Waals surface area contributed by atoms with Crippen molar-refractivity contribution in [3.05, 3.63) is 82.9 Å². The Balaban J connectivity index is 2.38. The first kappa shape index (κ1) is 16.4. The molecule has 0 fully saturated rings. The smallest absolute Gasteiger partial charge is 0.394 e. The molecule has 0 atom stereocenters. The van der Waals surface area contributed by atoms with Gasteiger partial charge in [0.1, 0.15) is 11.2 Å². The predicted molar refractivity (Wildman–Crippen MR) is 106 cm³/mol. The molecule has 4 rings (SSSR count). The van der Waals surface area contributed by atoms with E-state index < -0.39 is 5.82 Å². The summed E-state index contributed by atoms with van der Waals surface area (Å²) >= 11 is 0. The normalized spacial score (nSPS) is 11.8. The summed E-state index contributed by atoms with van der Waals surface area (Å²) in [6.07, 6.45) is 0. The lowest BCUT2D eigenvalue weighted by Crippen LogP contribution is -2.10. The predicted octanol–water partition coefficient (Wildman–Crippen LogP) is 6.11. The van der Waals surface area contributed by atoms with Crippen LogP contribution in [0.4, 0.5) is 0 Å². The van der Waals surface area contributed by atoms with Gasteiger partial charge in [0.05, 0.1) is 0 Å². The standard InChI is InChI=1S/C23H20O3/c1-23(2,3)15-12-13-16-17-8-4-6-10-20(17)25-22(24)26-21-11-7-5-9-18(21)19(16)14-15/h4-14H,1-3H3. The summed E-state index contributed by atoms with van der Waals surface area (Å²) in [4.78, 5) is 12.2. The number of hydrogen-bond acceptors (Lipinski definition) is 3. The van der Waals surface area contributed by atoms with Crippen molar-refractivity contribution in [2.45, 2.75) is 26.2 Å². The van der Waals surface area contributed by atoms with Crippen LogP contribution in [0.1, 0.15) is 26.3 Å². The van der Waals surface area contributed by atoms with Gasteiger partial charge in [-0.1, -0.05) is 69.3 Å². The van der Waals surface area contributed by atoms with Gasteiger partial charge in [0.2, 0.25) is 0 Å². The van der Waals surface area contributed by atoms with Crippen LogP contribution in [0.2, 0.25) is 0 Å². The van der Waals surface area contributed by atoms with E-state index in [-0.39, 0.29) is 5.41 Å². The lowest BCUT2D eigenvalue weighted by atomic mass is 9.85. The van der Waals surface area contributed by atoms with Gasteiger partial charge in [0.25, 0.3) is 0 Å². The molecule has 3 heteroatoms. The third-order valence-electron chi connectivity index (χ3n) is 4.63. The lowest BCUT2D eigenvalue weighted by Gasteiger charge is -2.19. The van der Waals surface area contributed by atoms with Gasteiger partial charge in [-0.3, -0.25) is 0 Å². The van der Waals surface area contributed by atoms with Crippen molar-refractivity contribution in [3.63, 3.8) is 0 Å². The largest absolute Gasteiger partial charge is 0.519 e. The van der Waals surface area contributed by atoms with Gasteiger partial charge < -0.3 is 8.83 Å². The molecule has 0 bridgehead atoms. The number of para-hydroxylation sites is 2. The minimum atomic E-state index is -0.728. The van der Waals surface area contributed by atoms with Gasteiger partial charge in [0.15, 0.2) is 0 Å². The van der Waals surface area contributed by atoms with Crippen molar-refractivity contribution in [1.29, 1.82) is 0 Å². The minimum absolute atomic E-state index is 0.00903.